The highest BCUT2D eigenvalue weighted by molar-refractivity contribution is 7.16. The molecule has 14 heavy (non-hydrogen) atoms. The Morgan fingerprint density at radius 1 is 1.36 bits per heavy atom. The van der Waals surface area contributed by atoms with Crippen molar-refractivity contribution in [3.8, 4) is 0 Å². The van der Waals surface area contributed by atoms with Crippen molar-refractivity contribution in [2.45, 2.75) is 32.7 Å². The van der Waals surface area contributed by atoms with Crippen molar-refractivity contribution in [1.29, 1.82) is 0 Å². The van der Waals surface area contributed by atoms with Gasteiger partial charge in [-0.1, -0.05) is 25.4 Å². The van der Waals surface area contributed by atoms with E-state index in [0.717, 1.165) is 16.7 Å². The average molecular weight is 254 g/mol. The molecule has 1 aromatic heterocycles. The molecular formula is C10H17Cl2NS. The summed E-state index contributed by atoms with van der Waals surface area (Å²) in [6.07, 6.45) is 2.23. The number of nitrogens with two attached hydrogens (primary N) is 1. The van der Waals surface area contributed by atoms with Crippen LogP contribution in [0.15, 0.2) is 12.1 Å². The van der Waals surface area contributed by atoms with E-state index in [2.05, 4.69) is 13.8 Å². The van der Waals surface area contributed by atoms with Crippen LogP contribution in [0.5, 0.6) is 0 Å². The third kappa shape index (κ3) is 4.65. The molecule has 0 aliphatic carbocycles. The Bertz CT molecular complexity index is 260. The van der Waals surface area contributed by atoms with E-state index in [4.69, 9.17) is 17.3 Å². The second-order valence-corrected chi connectivity index (χ2v) is 5.47. The number of hydrogen-bond donors (Lipinski definition) is 1. The number of thiophene rings is 1. The van der Waals surface area contributed by atoms with E-state index in [0.29, 0.717) is 0 Å². The van der Waals surface area contributed by atoms with E-state index in [1.807, 2.05) is 12.1 Å². The van der Waals surface area contributed by atoms with Gasteiger partial charge in [0.25, 0.3) is 0 Å². The Balaban J connectivity index is 0.00000169. The van der Waals surface area contributed by atoms with Crippen LogP contribution in [-0.4, -0.2) is 0 Å². The van der Waals surface area contributed by atoms with Gasteiger partial charge in [-0.2, -0.15) is 0 Å². The third-order valence-corrected chi connectivity index (χ3v) is 3.38. The summed E-state index contributed by atoms with van der Waals surface area (Å²) in [5.74, 6) is 0.724. The highest BCUT2D eigenvalue weighted by Gasteiger charge is 2.08. The largest absolute Gasteiger partial charge is 0.323 e. The summed E-state index contributed by atoms with van der Waals surface area (Å²) in [5, 5.41) is 0. The van der Waals surface area contributed by atoms with Crippen molar-refractivity contribution >= 4 is 35.3 Å². The fourth-order valence-corrected chi connectivity index (χ4v) is 2.28. The lowest BCUT2D eigenvalue weighted by atomic mass is 10.0. The monoisotopic (exact) mass is 253 g/mol. The molecular weight excluding hydrogens is 237 g/mol. The summed E-state index contributed by atoms with van der Waals surface area (Å²) in [6.45, 7) is 4.43. The van der Waals surface area contributed by atoms with E-state index in [-0.39, 0.29) is 18.4 Å². The van der Waals surface area contributed by atoms with Crippen molar-refractivity contribution in [2.75, 3.05) is 0 Å². The van der Waals surface area contributed by atoms with Gasteiger partial charge in [0.15, 0.2) is 0 Å². The molecule has 0 fully saturated rings. The van der Waals surface area contributed by atoms with Gasteiger partial charge in [-0.15, -0.1) is 23.7 Å². The standard InChI is InChI=1S/C10H16ClNS.ClH/c1-7(2)3-4-8(12)9-5-6-10(11)13-9;/h5-8H,3-4,12H2,1-2H3;1H/t8-;/m0./s1. The van der Waals surface area contributed by atoms with Crippen LogP contribution in [0.1, 0.15) is 37.6 Å². The summed E-state index contributed by atoms with van der Waals surface area (Å²) in [7, 11) is 0. The fourth-order valence-electron chi connectivity index (χ4n) is 1.18. The second kappa shape index (κ2) is 6.67. The van der Waals surface area contributed by atoms with Crippen molar-refractivity contribution in [3.63, 3.8) is 0 Å². The van der Waals surface area contributed by atoms with Crippen molar-refractivity contribution in [3.05, 3.63) is 21.3 Å². The van der Waals surface area contributed by atoms with Crippen LogP contribution < -0.4 is 5.73 Å². The van der Waals surface area contributed by atoms with Crippen LogP contribution >= 0.6 is 35.3 Å². The lowest BCUT2D eigenvalue weighted by Gasteiger charge is -2.10. The first-order valence-electron chi connectivity index (χ1n) is 4.60. The van der Waals surface area contributed by atoms with E-state index in [9.17, 15) is 0 Å². The SMILES string of the molecule is CC(C)CC[C@H](N)c1ccc(Cl)s1.Cl. The van der Waals surface area contributed by atoms with Crippen molar-refractivity contribution in [2.24, 2.45) is 11.7 Å². The molecule has 0 aliphatic heterocycles. The zero-order valence-corrected chi connectivity index (χ0v) is 10.9. The summed E-state index contributed by atoms with van der Waals surface area (Å²) >= 11 is 7.42. The lowest BCUT2D eigenvalue weighted by molar-refractivity contribution is 0.510. The predicted molar refractivity (Wildman–Crippen MR) is 67.6 cm³/mol. The molecule has 1 aromatic rings. The Morgan fingerprint density at radius 3 is 2.43 bits per heavy atom. The molecule has 1 rings (SSSR count). The summed E-state index contributed by atoms with van der Waals surface area (Å²) in [6, 6.07) is 4.11. The smallest absolute Gasteiger partial charge is 0.0931 e. The molecule has 82 valence electrons. The fraction of sp³-hybridized carbons (Fsp3) is 0.600. The maximum atomic E-state index is 6.01. The van der Waals surface area contributed by atoms with Crippen molar-refractivity contribution < 1.29 is 0 Å². The molecule has 1 nitrogen and oxygen atoms in total. The van der Waals surface area contributed by atoms with Gasteiger partial charge < -0.3 is 5.73 Å². The minimum absolute atomic E-state index is 0. The van der Waals surface area contributed by atoms with Gasteiger partial charge in [0.05, 0.1) is 4.34 Å². The molecule has 0 aliphatic rings. The van der Waals surface area contributed by atoms with Gasteiger partial charge in [-0.25, -0.2) is 0 Å². The predicted octanol–water partition coefficient (Wildman–Crippen LogP) is 4.26. The molecule has 2 N–H and O–H groups in total. The van der Waals surface area contributed by atoms with Crippen LogP contribution in [0, 0.1) is 5.92 Å². The first-order chi connectivity index (χ1) is 6.09. The van der Waals surface area contributed by atoms with E-state index in [1.165, 1.54) is 11.3 Å². The first kappa shape index (κ1) is 14.2. The van der Waals surface area contributed by atoms with Crippen LogP contribution in [0.4, 0.5) is 0 Å². The van der Waals surface area contributed by atoms with E-state index < -0.39 is 0 Å². The Labute approximate surface area is 101 Å². The summed E-state index contributed by atoms with van der Waals surface area (Å²) < 4.78 is 0.829. The maximum absolute atomic E-state index is 6.01. The molecule has 0 bridgehead atoms. The van der Waals surface area contributed by atoms with Gasteiger partial charge in [-0.3, -0.25) is 0 Å². The topological polar surface area (TPSA) is 26.0 Å². The number of halogens is 2. The highest BCUT2D eigenvalue weighted by Crippen LogP contribution is 2.28. The van der Waals surface area contributed by atoms with Gasteiger partial charge >= 0.3 is 0 Å². The summed E-state index contributed by atoms with van der Waals surface area (Å²) in [5.41, 5.74) is 6.01. The molecule has 0 radical (unpaired) electrons. The van der Waals surface area contributed by atoms with Gasteiger partial charge in [-0.05, 0) is 30.9 Å². The highest BCUT2D eigenvalue weighted by atomic mass is 35.5. The van der Waals surface area contributed by atoms with Gasteiger partial charge in [0.1, 0.15) is 0 Å². The zero-order chi connectivity index (χ0) is 9.84. The zero-order valence-electron chi connectivity index (χ0n) is 8.50. The molecule has 1 heterocycles. The lowest BCUT2D eigenvalue weighted by Crippen LogP contribution is -2.09. The first-order valence-corrected chi connectivity index (χ1v) is 5.80. The molecule has 0 amide bonds. The van der Waals surface area contributed by atoms with Crippen LogP contribution in [0.3, 0.4) is 0 Å². The second-order valence-electron chi connectivity index (χ2n) is 3.72. The normalized spacial score (nSPS) is 12.6. The molecule has 0 saturated heterocycles. The Hall–Kier alpha value is 0.240. The average Bonchev–Trinajstić information content (AvgIpc) is 2.47. The minimum atomic E-state index is 0. The van der Waals surface area contributed by atoms with Gasteiger partial charge in [0.2, 0.25) is 0 Å². The van der Waals surface area contributed by atoms with E-state index in [1.54, 1.807) is 11.3 Å². The minimum Gasteiger partial charge on any atom is -0.323 e. The number of rotatable bonds is 4. The molecule has 4 heteroatoms. The number of hydrogen-bond acceptors (Lipinski definition) is 2. The third-order valence-electron chi connectivity index (χ3n) is 2.01. The summed E-state index contributed by atoms with van der Waals surface area (Å²) in [4.78, 5) is 1.20. The van der Waals surface area contributed by atoms with Crippen LogP contribution in [0.2, 0.25) is 4.34 Å². The molecule has 0 unspecified atom stereocenters. The van der Waals surface area contributed by atoms with Crippen LogP contribution in [-0.2, 0) is 0 Å². The Kier molecular flexibility index (Phi) is 6.79. The molecule has 1 atom stereocenters. The molecule has 0 aromatic carbocycles. The molecule has 0 saturated carbocycles. The molecule has 0 spiro atoms. The quantitative estimate of drug-likeness (QED) is 0.853. The van der Waals surface area contributed by atoms with Crippen LogP contribution in [0.25, 0.3) is 0 Å². The van der Waals surface area contributed by atoms with Gasteiger partial charge in [0, 0.05) is 10.9 Å². The Morgan fingerprint density at radius 2 is 2.00 bits per heavy atom. The van der Waals surface area contributed by atoms with Crippen molar-refractivity contribution in [1.82, 2.24) is 0 Å². The maximum Gasteiger partial charge on any atom is 0.0931 e. The van der Waals surface area contributed by atoms with E-state index >= 15 is 0 Å².